The van der Waals surface area contributed by atoms with Crippen LogP contribution in [-0.4, -0.2) is 30.5 Å². The lowest BCUT2D eigenvalue weighted by Crippen LogP contribution is -2.40. The maximum absolute atomic E-state index is 12.4. The third-order valence-corrected chi connectivity index (χ3v) is 3.99. The quantitative estimate of drug-likeness (QED) is 0.509. The molecule has 0 unspecified atom stereocenters. The van der Waals surface area contributed by atoms with Gasteiger partial charge in [0, 0.05) is 24.2 Å². The van der Waals surface area contributed by atoms with E-state index in [1.165, 1.54) is 5.56 Å². The van der Waals surface area contributed by atoms with E-state index in [0.29, 0.717) is 12.1 Å². The number of hydrogen-bond acceptors (Lipinski definition) is 2. The Morgan fingerprint density at radius 1 is 0.964 bits per heavy atom. The minimum absolute atomic E-state index is 0.0637. The van der Waals surface area contributed by atoms with Gasteiger partial charge in [-0.05, 0) is 57.4 Å². The number of hydrogen-bond donors (Lipinski definition) is 3. The summed E-state index contributed by atoms with van der Waals surface area (Å²) in [6, 6.07) is 18.0. The molecule has 0 heterocycles. The van der Waals surface area contributed by atoms with Crippen LogP contribution in [0.1, 0.15) is 49.2 Å². The Balaban J connectivity index is 1.96. The van der Waals surface area contributed by atoms with Gasteiger partial charge in [0.05, 0.1) is 6.54 Å². The molecule has 2 rings (SSSR count). The molecule has 0 saturated carbocycles. The van der Waals surface area contributed by atoms with E-state index in [-0.39, 0.29) is 11.4 Å². The van der Waals surface area contributed by atoms with Gasteiger partial charge in [-0.2, -0.15) is 0 Å². The van der Waals surface area contributed by atoms with E-state index in [9.17, 15) is 4.79 Å². The van der Waals surface area contributed by atoms with E-state index in [0.717, 1.165) is 31.0 Å². The summed E-state index contributed by atoms with van der Waals surface area (Å²) in [6.07, 6.45) is 0.938. The second-order valence-electron chi connectivity index (χ2n) is 7.76. The lowest BCUT2D eigenvalue weighted by molar-refractivity contribution is 0.0919. The van der Waals surface area contributed by atoms with Gasteiger partial charge < -0.3 is 16.0 Å². The first-order chi connectivity index (χ1) is 13.4. The first-order valence-electron chi connectivity index (χ1n) is 9.85. The molecule has 0 aliphatic carbocycles. The molecule has 0 atom stereocenters. The molecule has 0 spiro atoms. The van der Waals surface area contributed by atoms with Crippen LogP contribution in [0.25, 0.3) is 0 Å². The van der Waals surface area contributed by atoms with Crippen LogP contribution in [0.2, 0.25) is 0 Å². The fraction of sp³-hybridized carbons (Fsp3) is 0.391. The molecule has 5 heteroatoms. The molecule has 1 amide bonds. The standard InChI is InChI=1S/C23H32N4O/c1-5-24-22(25-15-14-18-10-7-6-8-11-18)26-17-19-12-9-13-20(16-19)21(28)27-23(2,3)4/h6-13,16H,5,14-15,17H2,1-4H3,(H,27,28)(H2,24,25,26). The highest BCUT2D eigenvalue weighted by Crippen LogP contribution is 2.09. The smallest absolute Gasteiger partial charge is 0.251 e. The zero-order valence-electron chi connectivity index (χ0n) is 17.4. The van der Waals surface area contributed by atoms with Crippen LogP contribution >= 0.6 is 0 Å². The Morgan fingerprint density at radius 3 is 2.36 bits per heavy atom. The SMILES string of the molecule is CCNC(=NCc1cccc(C(=O)NC(C)(C)C)c1)NCCc1ccccc1. The second kappa shape index (κ2) is 10.5. The lowest BCUT2D eigenvalue weighted by Gasteiger charge is -2.20. The van der Waals surface area contributed by atoms with Crippen molar-refractivity contribution in [2.24, 2.45) is 4.99 Å². The highest BCUT2D eigenvalue weighted by Gasteiger charge is 2.15. The van der Waals surface area contributed by atoms with E-state index >= 15 is 0 Å². The van der Waals surface area contributed by atoms with Gasteiger partial charge >= 0.3 is 0 Å². The summed E-state index contributed by atoms with van der Waals surface area (Å²) in [4.78, 5) is 17.0. The summed E-state index contributed by atoms with van der Waals surface area (Å²) in [6.45, 7) is 10.1. The summed E-state index contributed by atoms with van der Waals surface area (Å²) in [5.74, 6) is 0.717. The Bertz CT molecular complexity index is 779. The highest BCUT2D eigenvalue weighted by atomic mass is 16.1. The Kier molecular flexibility index (Phi) is 8.05. The number of benzene rings is 2. The molecule has 2 aromatic carbocycles. The van der Waals surface area contributed by atoms with E-state index in [2.05, 4.69) is 45.2 Å². The van der Waals surface area contributed by atoms with Gasteiger partial charge in [0.1, 0.15) is 0 Å². The molecule has 3 N–H and O–H groups in total. The number of amides is 1. The molecule has 0 aliphatic rings. The molecular weight excluding hydrogens is 348 g/mol. The van der Waals surface area contributed by atoms with E-state index in [1.807, 2.05) is 58.0 Å². The summed E-state index contributed by atoms with van der Waals surface area (Å²) in [5.41, 5.74) is 2.70. The molecule has 0 fully saturated rings. The first kappa shape index (κ1) is 21.5. The van der Waals surface area contributed by atoms with Crippen LogP contribution in [0, 0.1) is 0 Å². The zero-order valence-corrected chi connectivity index (χ0v) is 17.4. The molecule has 0 bridgehead atoms. The third kappa shape index (κ3) is 7.82. The first-order valence-corrected chi connectivity index (χ1v) is 9.85. The fourth-order valence-electron chi connectivity index (χ4n) is 2.71. The van der Waals surface area contributed by atoms with Gasteiger partial charge in [0.25, 0.3) is 5.91 Å². The van der Waals surface area contributed by atoms with Crippen LogP contribution in [0.3, 0.4) is 0 Å². The Hall–Kier alpha value is -2.82. The largest absolute Gasteiger partial charge is 0.357 e. The Morgan fingerprint density at radius 2 is 1.68 bits per heavy atom. The van der Waals surface area contributed by atoms with Crippen molar-refractivity contribution in [3.8, 4) is 0 Å². The molecule has 5 nitrogen and oxygen atoms in total. The van der Waals surface area contributed by atoms with Crippen molar-refractivity contribution in [2.45, 2.75) is 46.2 Å². The monoisotopic (exact) mass is 380 g/mol. The van der Waals surface area contributed by atoms with Crippen LogP contribution in [0.4, 0.5) is 0 Å². The summed E-state index contributed by atoms with van der Waals surface area (Å²) in [7, 11) is 0. The number of carbonyl (C=O) groups excluding carboxylic acids is 1. The summed E-state index contributed by atoms with van der Waals surface area (Å²) >= 11 is 0. The topological polar surface area (TPSA) is 65.5 Å². The third-order valence-electron chi connectivity index (χ3n) is 3.99. The average Bonchev–Trinajstić information content (AvgIpc) is 2.66. The lowest BCUT2D eigenvalue weighted by atomic mass is 10.1. The Labute approximate surface area is 168 Å². The van der Waals surface area contributed by atoms with E-state index < -0.39 is 0 Å². The predicted octanol–water partition coefficient (Wildman–Crippen LogP) is 3.51. The van der Waals surface area contributed by atoms with Gasteiger partial charge in [-0.25, -0.2) is 4.99 Å². The number of rotatable bonds is 7. The predicted molar refractivity (Wildman–Crippen MR) is 117 cm³/mol. The maximum Gasteiger partial charge on any atom is 0.251 e. The van der Waals surface area contributed by atoms with Crippen molar-refractivity contribution in [3.63, 3.8) is 0 Å². The van der Waals surface area contributed by atoms with Gasteiger partial charge in [0.2, 0.25) is 0 Å². The molecule has 28 heavy (non-hydrogen) atoms. The number of nitrogens with one attached hydrogen (secondary N) is 3. The highest BCUT2D eigenvalue weighted by molar-refractivity contribution is 5.94. The van der Waals surface area contributed by atoms with Crippen molar-refractivity contribution in [2.75, 3.05) is 13.1 Å². The van der Waals surface area contributed by atoms with Crippen LogP contribution < -0.4 is 16.0 Å². The normalized spacial score (nSPS) is 11.8. The van der Waals surface area contributed by atoms with Gasteiger partial charge in [-0.1, -0.05) is 42.5 Å². The van der Waals surface area contributed by atoms with E-state index in [1.54, 1.807) is 0 Å². The summed E-state index contributed by atoms with van der Waals surface area (Å²) in [5, 5.41) is 9.63. The summed E-state index contributed by atoms with van der Waals surface area (Å²) < 4.78 is 0. The van der Waals surface area contributed by atoms with Gasteiger partial charge in [-0.15, -0.1) is 0 Å². The van der Waals surface area contributed by atoms with Gasteiger partial charge in [-0.3, -0.25) is 4.79 Å². The van der Waals surface area contributed by atoms with E-state index in [4.69, 9.17) is 0 Å². The zero-order chi connectivity index (χ0) is 20.4. The number of nitrogens with zero attached hydrogens (tertiary/aromatic N) is 1. The second-order valence-corrected chi connectivity index (χ2v) is 7.76. The molecule has 0 aliphatic heterocycles. The number of guanidine groups is 1. The van der Waals surface area contributed by atoms with Crippen molar-refractivity contribution >= 4 is 11.9 Å². The number of carbonyl (C=O) groups is 1. The average molecular weight is 381 g/mol. The van der Waals surface area contributed by atoms with Crippen molar-refractivity contribution < 1.29 is 4.79 Å². The molecule has 0 radical (unpaired) electrons. The minimum Gasteiger partial charge on any atom is -0.357 e. The van der Waals surface area contributed by atoms with Crippen molar-refractivity contribution in [3.05, 3.63) is 71.3 Å². The van der Waals surface area contributed by atoms with Gasteiger partial charge in [0.15, 0.2) is 5.96 Å². The van der Waals surface area contributed by atoms with Crippen molar-refractivity contribution in [1.82, 2.24) is 16.0 Å². The maximum atomic E-state index is 12.4. The number of aliphatic imine (C=N–C) groups is 1. The van der Waals surface area contributed by atoms with Crippen molar-refractivity contribution in [1.29, 1.82) is 0 Å². The minimum atomic E-state index is -0.258. The molecule has 0 aromatic heterocycles. The fourth-order valence-corrected chi connectivity index (χ4v) is 2.71. The molecule has 2 aromatic rings. The molecular formula is C23H32N4O. The van der Waals surface area contributed by atoms with Crippen LogP contribution in [0.5, 0.6) is 0 Å². The van der Waals surface area contributed by atoms with Crippen LogP contribution in [-0.2, 0) is 13.0 Å². The molecule has 150 valence electrons. The van der Waals surface area contributed by atoms with Crippen LogP contribution in [0.15, 0.2) is 59.6 Å². The molecule has 0 saturated heterocycles.